The van der Waals surface area contributed by atoms with Crippen LogP contribution in [-0.2, 0) is 9.59 Å². The topological polar surface area (TPSA) is 81.8 Å². The summed E-state index contributed by atoms with van der Waals surface area (Å²) < 4.78 is 0. The second-order valence-corrected chi connectivity index (χ2v) is 9.16. The molecular weight excluding hydrogens is 376 g/mol. The summed E-state index contributed by atoms with van der Waals surface area (Å²) in [5.74, 6) is 1.08. The van der Waals surface area contributed by atoms with Gasteiger partial charge in [0.1, 0.15) is 6.04 Å². The molecule has 1 aliphatic carbocycles. The third kappa shape index (κ3) is 10.9. The normalized spacial score (nSPS) is 15.9. The molecule has 3 amide bonds. The molecule has 1 aliphatic rings. The average molecular weight is 415 g/mol. The minimum atomic E-state index is -0.590. The zero-order valence-corrected chi connectivity index (χ0v) is 18.8. The van der Waals surface area contributed by atoms with Gasteiger partial charge in [0.25, 0.3) is 0 Å². The molecule has 0 aliphatic heterocycles. The molecule has 2 N–H and O–H groups in total. The molecule has 8 heteroatoms. The molecule has 1 saturated carbocycles. The lowest BCUT2D eigenvalue weighted by molar-refractivity contribution is -0.122. The zero-order chi connectivity index (χ0) is 20.9. The molecule has 0 bridgehead atoms. The molecule has 0 aromatic heterocycles. The Bertz CT molecular complexity index is 496. The number of likely N-dealkylation sites (N-methyl/N-ethyl adjacent to an activating group) is 1. The van der Waals surface area contributed by atoms with Crippen LogP contribution in [0.3, 0.4) is 0 Å². The van der Waals surface area contributed by atoms with Crippen molar-refractivity contribution in [3.05, 3.63) is 0 Å². The first-order valence-corrected chi connectivity index (χ1v) is 11.4. The van der Waals surface area contributed by atoms with E-state index in [2.05, 4.69) is 10.6 Å². The van der Waals surface area contributed by atoms with Crippen molar-refractivity contribution in [2.24, 2.45) is 5.92 Å². The van der Waals surface area contributed by atoms with Gasteiger partial charge in [0.05, 0.1) is 0 Å². The Kier molecular flexibility index (Phi) is 12.2. The zero-order valence-electron chi connectivity index (χ0n) is 18.0. The van der Waals surface area contributed by atoms with Crippen LogP contribution < -0.4 is 10.6 Å². The fourth-order valence-corrected chi connectivity index (χ4v) is 3.93. The van der Waals surface area contributed by atoms with Crippen molar-refractivity contribution in [3.63, 3.8) is 0 Å². The lowest BCUT2D eigenvalue weighted by Gasteiger charge is -2.28. The van der Waals surface area contributed by atoms with Gasteiger partial charge in [-0.05, 0) is 33.4 Å². The number of thioether (sulfide) groups is 1. The largest absolute Gasteiger partial charge is 0.353 e. The van der Waals surface area contributed by atoms with Crippen molar-refractivity contribution < 1.29 is 14.4 Å². The maximum atomic E-state index is 12.7. The van der Waals surface area contributed by atoms with Gasteiger partial charge >= 0.3 is 6.03 Å². The molecule has 0 aromatic rings. The molecule has 7 nitrogen and oxygen atoms in total. The maximum absolute atomic E-state index is 12.7. The Hall–Kier alpha value is -1.28. The van der Waals surface area contributed by atoms with Crippen molar-refractivity contribution in [2.75, 3.05) is 46.0 Å². The highest BCUT2D eigenvalue weighted by Gasteiger charge is 2.21. The van der Waals surface area contributed by atoms with Crippen LogP contribution in [0.4, 0.5) is 4.79 Å². The lowest BCUT2D eigenvalue weighted by Crippen LogP contribution is -2.51. The molecule has 1 fully saturated rings. The summed E-state index contributed by atoms with van der Waals surface area (Å²) in [4.78, 5) is 39.9. The van der Waals surface area contributed by atoms with E-state index in [1.54, 1.807) is 11.8 Å². The van der Waals surface area contributed by atoms with Crippen LogP contribution in [0, 0.1) is 5.92 Å². The van der Waals surface area contributed by atoms with Gasteiger partial charge in [-0.1, -0.05) is 43.9 Å². The number of carbonyl (C=O) groups excluding carboxylic acids is 3. The van der Waals surface area contributed by atoms with E-state index in [0.717, 1.165) is 13.0 Å². The van der Waals surface area contributed by atoms with E-state index in [0.29, 0.717) is 31.3 Å². The summed E-state index contributed by atoms with van der Waals surface area (Å²) in [6.07, 6.45) is 7.34. The van der Waals surface area contributed by atoms with Crippen LogP contribution in [-0.4, -0.2) is 78.9 Å². The van der Waals surface area contributed by atoms with E-state index >= 15 is 0 Å². The number of hydrogen-bond donors (Lipinski definition) is 2. The van der Waals surface area contributed by atoms with E-state index in [1.807, 2.05) is 19.0 Å². The maximum Gasteiger partial charge on any atom is 0.318 e. The Morgan fingerprint density at radius 2 is 1.75 bits per heavy atom. The smallest absolute Gasteiger partial charge is 0.318 e. The standard InChI is InChI=1S/C20H38N4O3S/c1-16(19(26)21-11-13-23(3)4)22-20(27)24(14-15-28-17(2)25)12-10-18-8-6-5-7-9-18/h16,18H,5-15H2,1-4H3,(H,21,26)(H,22,27). The number of amides is 3. The summed E-state index contributed by atoms with van der Waals surface area (Å²) in [7, 11) is 3.89. The minimum Gasteiger partial charge on any atom is -0.353 e. The van der Waals surface area contributed by atoms with Gasteiger partial charge in [0, 0.05) is 38.9 Å². The molecule has 0 saturated heterocycles. The summed E-state index contributed by atoms with van der Waals surface area (Å²) in [6, 6.07) is -0.817. The Morgan fingerprint density at radius 3 is 2.36 bits per heavy atom. The number of rotatable bonds is 11. The monoisotopic (exact) mass is 414 g/mol. The van der Waals surface area contributed by atoms with Gasteiger partial charge in [-0.3, -0.25) is 9.59 Å². The van der Waals surface area contributed by atoms with Crippen molar-refractivity contribution >= 4 is 28.8 Å². The number of nitrogens with zero attached hydrogens (tertiary/aromatic N) is 2. The second kappa shape index (κ2) is 13.8. The predicted octanol–water partition coefficient (Wildman–Crippen LogP) is 2.31. The van der Waals surface area contributed by atoms with Crippen molar-refractivity contribution in [2.45, 2.75) is 58.4 Å². The molecule has 1 atom stereocenters. The van der Waals surface area contributed by atoms with E-state index in [9.17, 15) is 14.4 Å². The first-order chi connectivity index (χ1) is 13.3. The van der Waals surface area contributed by atoms with Crippen LogP contribution in [0.5, 0.6) is 0 Å². The molecule has 0 aromatic carbocycles. The quantitative estimate of drug-likeness (QED) is 0.542. The number of urea groups is 1. The SMILES string of the molecule is CC(=O)SCCN(CCC1CCCCC1)C(=O)NC(C)C(=O)NCCN(C)C. The highest BCUT2D eigenvalue weighted by atomic mass is 32.2. The third-order valence-electron chi connectivity index (χ3n) is 5.08. The van der Waals surface area contributed by atoms with E-state index in [4.69, 9.17) is 0 Å². The Morgan fingerprint density at radius 1 is 1.07 bits per heavy atom. The van der Waals surface area contributed by atoms with Crippen molar-refractivity contribution in [1.29, 1.82) is 0 Å². The predicted molar refractivity (Wildman–Crippen MR) is 115 cm³/mol. The van der Waals surface area contributed by atoms with E-state index < -0.39 is 6.04 Å². The molecule has 28 heavy (non-hydrogen) atoms. The number of hydrogen-bond acceptors (Lipinski definition) is 5. The lowest BCUT2D eigenvalue weighted by atomic mass is 9.87. The molecular formula is C20H38N4O3S. The molecule has 0 radical (unpaired) electrons. The Labute approximate surface area is 174 Å². The van der Waals surface area contributed by atoms with Crippen LogP contribution >= 0.6 is 11.8 Å². The van der Waals surface area contributed by atoms with Gasteiger partial charge in [-0.15, -0.1) is 0 Å². The summed E-state index contributed by atoms with van der Waals surface area (Å²) in [6.45, 7) is 5.72. The minimum absolute atomic E-state index is 0.0567. The van der Waals surface area contributed by atoms with Gasteiger partial charge in [0.2, 0.25) is 5.91 Å². The Balaban J connectivity index is 2.50. The van der Waals surface area contributed by atoms with Crippen LogP contribution in [0.25, 0.3) is 0 Å². The van der Waals surface area contributed by atoms with Gasteiger partial charge in [0.15, 0.2) is 5.12 Å². The van der Waals surface area contributed by atoms with Crippen molar-refractivity contribution in [3.8, 4) is 0 Å². The summed E-state index contributed by atoms with van der Waals surface area (Å²) in [5.41, 5.74) is 0. The first kappa shape index (κ1) is 24.8. The first-order valence-electron chi connectivity index (χ1n) is 10.4. The van der Waals surface area contributed by atoms with E-state index in [1.165, 1.54) is 50.8 Å². The fourth-order valence-electron chi connectivity index (χ4n) is 3.33. The highest BCUT2D eigenvalue weighted by molar-refractivity contribution is 8.13. The molecule has 162 valence electrons. The van der Waals surface area contributed by atoms with Gasteiger partial charge in [-0.25, -0.2) is 4.79 Å². The molecule has 1 rings (SSSR count). The molecule has 1 unspecified atom stereocenters. The molecule has 0 spiro atoms. The summed E-state index contributed by atoms with van der Waals surface area (Å²) >= 11 is 1.23. The van der Waals surface area contributed by atoms with Gasteiger partial charge < -0.3 is 20.4 Å². The van der Waals surface area contributed by atoms with E-state index in [-0.39, 0.29) is 17.1 Å². The molecule has 0 heterocycles. The number of carbonyl (C=O) groups is 3. The number of nitrogens with one attached hydrogen (secondary N) is 2. The van der Waals surface area contributed by atoms with Gasteiger partial charge in [-0.2, -0.15) is 0 Å². The van der Waals surface area contributed by atoms with Crippen LogP contribution in [0.15, 0.2) is 0 Å². The third-order valence-corrected chi connectivity index (χ3v) is 5.87. The highest BCUT2D eigenvalue weighted by Crippen LogP contribution is 2.26. The average Bonchev–Trinajstić information content (AvgIpc) is 2.64. The van der Waals surface area contributed by atoms with Crippen molar-refractivity contribution in [1.82, 2.24) is 20.4 Å². The fraction of sp³-hybridized carbons (Fsp3) is 0.850. The van der Waals surface area contributed by atoms with Crippen LogP contribution in [0.2, 0.25) is 0 Å². The summed E-state index contributed by atoms with van der Waals surface area (Å²) in [5, 5.41) is 5.70. The van der Waals surface area contributed by atoms with Crippen LogP contribution in [0.1, 0.15) is 52.4 Å². The second-order valence-electron chi connectivity index (χ2n) is 7.89.